The number of amides is 1. The van der Waals surface area contributed by atoms with Crippen molar-refractivity contribution in [3.05, 3.63) is 48.3 Å². The summed E-state index contributed by atoms with van der Waals surface area (Å²) in [5.74, 6) is 0.417. The standard InChI is InChI=1S/C19H26N6O2/c1-2-27-19(26)24-12-8-16(9-13-24)23-18(20)21-14-15-6-3-4-7-17(15)25-11-5-10-22-25/h3-7,10-11,16H,2,8-9,12-14H2,1H3,(H3,20,21,23). The first-order valence-electron chi connectivity index (χ1n) is 9.23. The summed E-state index contributed by atoms with van der Waals surface area (Å²) >= 11 is 0. The van der Waals surface area contributed by atoms with Gasteiger partial charge in [-0.1, -0.05) is 18.2 Å². The van der Waals surface area contributed by atoms with E-state index in [0.29, 0.717) is 32.2 Å². The van der Waals surface area contributed by atoms with Crippen molar-refractivity contribution in [2.45, 2.75) is 32.4 Å². The summed E-state index contributed by atoms with van der Waals surface area (Å²) < 4.78 is 6.86. The lowest BCUT2D eigenvalue weighted by Crippen LogP contribution is -2.48. The van der Waals surface area contributed by atoms with Gasteiger partial charge in [0, 0.05) is 31.5 Å². The molecule has 1 fully saturated rings. The Balaban J connectivity index is 1.53. The van der Waals surface area contributed by atoms with Crippen LogP contribution in [0.5, 0.6) is 0 Å². The van der Waals surface area contributed by atoms with E-state index in [0.717, 1.165) is 24.1 Å². The smallest absolute Gasteiger partial charge is 0.409 e. The van der Waals surface area contributed by atoms with Crippen LogP contribution in [0.15, 0.2) is 47.7 Å². The van der Waals surface area contributed by atoms with E-state index in [1.807, 2.05) is 48.1 Å². The van der Waals surface area contributed by atoms with Crippen LogP contribution in [0.25, 0.3) is 5.69 Å². The number of aromatic nitrogens is 2. The summed E-state index contributed by atoms with van der Waals surface area (Å²) in [7, 11) is 0. The summed E-state index contributed by atoms with van der Waals surface area (Å²) in [6, 6.07) is 10.1. The zero-order chi connectivity index (χ0) is 19.1. The van der Waals surface area contributed by atoms with Crippen molar-refractivity contribution < 1.29 is 9.53 Å². The molecule has 27 heavy (non-hydrogen) atoms. The van der Waals surface area contributed by atoms with Gasteiger partial charge in [0.15, 0.2) is 5.96 Å². The quantitative estimate of drug-likeness (QED) is 0.619. The summed E-state index contributed by atoms with van der Waals surface area (Å²) in [5.41, 5.74) is 8.11. The minimum absolute atomic E-state index is 0.209. The number of hydrogen-bond donors (Lipinski definition) is 2. The van der Waals surface area contributed by atoms with Crippen LogP contribution >= 0.6 is 0 Å². The molecule has 0 spiro atoms. The fourth-order valence-corrected chi connectivity index (χ4v) is 3.13. The predicted octanol–water partition coefficient (Wildman–Crippen LogP) is 1.90. The predicted molar refractivity (Wildman–Crippen MR) is 104 cm³/mol. The Labute approximate surface area is 159 Å². The first kappa shape index (κ1) is 18.8. The fourth-order valence-electron chi connectivity index (χ4n) is 3.13. The number of carbonyl (C=O) groups is 1. The van der Waals surface area contributed by atoms with Crippen LogP contribution in [-0.2, 0) is 11.3 Å². The summed E-state index contributed by atoms with van der Waals surface area (Å²) in [5, 5.41) is 7.54. The van der Waals surface area contributed by atoms with Gasteiger partial charge in [0.25, 0.3) is 0 Å². The third-order valence-corrected chi connectivity index (χ3v) is 4.54. The number of nitrogens with zero attached hydrogens (tertiary/aromatic N) is 4. The Morgan fingerprint density at radius 1 is 1.33 bits per heavy atom. The number of carbonyl (C=O) groups excluding carboxylic acids is 1. The number of nitrogens with two attached hydrogens (primary N) is 1. The molecule has 1 aromatic heterocycles. The lowest BCUT2D eigenvalue weighted by Gasteiger charge is -2.31. The van der Waals surface area contributed by atoms with Gasteiger partial charge in [-0.15, -0.1) is 0 Å². The lowest BCUT2D eigenvalue weighted by molar-refractivity contribution is 0.0963. The van der Waals surface area contributed by atoms with Gasteiger partial charge in [-0.2, -0.15) is 5.10 Å². The molecular formula is C19H26N6O2. The third-order valence-electron chi connectivity index (χ3n) is 4.54. The second kappa shape index (κ2) is 9.07. The van der Waals surface area contributed by atoms with E-state index in [1.165, 1.54) is 0 Å². The molecule has 0 radical (unpaired) electrons. The SMILES string of the molecule is CCOC(=O)N1CCC(NC(N)=NCc2ccccc2-n2cccn2)CC1. The van der Waals surface area contributed by atoms with E-state index >= 15 is 0 Å². The average molecular weight is 370 g/mol. The van der Waals surface area contributed by atoms with Crippen LogP contribution in [0.3, 0.4) is 0 Å². The van der Waals surface area contributed by atoms with Gasteiger partial charge in [-0.25, -0.2) is 14.5 Å². The molecule has 1 saturated heterocycles. The fraction of sp³-hybridized carbons (Fsp3) is 0.421. The molecule has 2 heterocycles. The highest BCUT2D eigenvalue weighted by atomic mass is 16.6. The van der Waals surface area contributed by atoms with E-state index in [4.69, 9.17) is 10.5 Å². The molecule has 0 aliphatic carbocycles. The maximum Gasteiger partial charge on any atom is 0.409 e. The van der Waals surface area contributed by atoms with Crippen LogP contribution in [0, 0.1) is 0 Å². The Bertz CT molecular complexity index is 766. The monoisotopic (exact) mass is 370 g/mol. The van der Waals surface area contributed by atoms with Crippen molar-refractivity contribution in [1.82, 2.24) is 20.0 Å². The Kier molecular flexibility index (Phi) is 6.30. The number of likely N-dealkylation sites (tertiary alicyclic amines) is 1. The molecule has 1 aromatic carbocycles. The molecule has 8 nitrogen and oxygen atoms in total. The third kappa shape index (κ3) is 4.99. The number of benzene rings is 1. The number of piperidine rings is 1. The Morgan fingerprint density at radius 3 is 2.81 bits per heavy atom. The molecule has 1 aliphatic heterocycles. The van der Waals surface area contributed by atoms with Crippen LogP contribution in [0.1, 0.15) is 25.3 Å². The van der Waals surface area contributed by atoms with E-state index < -0.39 is 0 Å². The van der Waals surface area contributed by atoms with Crippen molar-refractivity contribution in [3.8, 4) is 5.69 Å². The van der Waals surface area contributed by atoms with Gasteiger partial charge in [0.1, 0.15) is 0 Å². The second-order valence-corrected chi connectivity index (χ2v) is 6.39. The second-order valence-electron chi connectivity index (χ2n) is 6.39. The van der Waals surface area contributed by atoms with Crippen LogP contribution in [-0.4, -0.2) is 52.5 Å². The molecule has 0 saturated carbocycles. The first-order chi connectivity index (χ1) is 13.2. The van der Waals surface area contributed by atoms with Gasteiger partial charge in [0.2, 0.25) is 0 Å². The Morgan fingerprint density at radius 2 is 2.11 bits per heavy atom. The van der Waals surface area contributed by atoms with Crippen molar-refractivity contribution >= 4 is 12.1 Å². The van der Waals surface area contributed by atoms with E-state index in [2.05, 4.69) is 15.4 Å². The van der Waals surface area contributed by atoms with Gasteiger partial charge in [0.05, 0.1) is 18.8 Å². The summed E-state index contributed by atoms with van der Waals surface area (Å²) in [4.78, 5) is 18.0. The van der Waals surface area contributed by atoms with Crippen molar-refractivity contribution in [2.75, 3.05) is 19.7 Å². The van der Waals surface area contributed by atoms with Crippen molar-refractivity contribution in [3.63, 3.8) is 0 Å². The molecule has 1 amide bonds. The van der Waals surface area contributed by atoms with Crippen LogP contribution < -0.4 is 11.1 Å². The first-order valence-corrected chi connectivity index (χ1v) is 9.23. The molecule has 144 valence electrons. The largest absolute Gasteiger partial charge is 0.450 e. The number of rotatable bonds is 5. The molecule has 0 bridgehead atoms. The number of hydrogen-bond acceptors (Lipinski definition) is 4. The van der Waals surface area contributed by atoms with Crippen molar-refractivity contribution in [1.29, 1.82) is 0 Å². The zero-order valence-electron chi connectivity index (χ0n) is 15.5. The normalized spacial score (nSPS) is 15.6. The molecule has 0 atom stereocenters. The molecule has 3 rings (SSSR count). The topological polar surface area (TPSA) is 97.8 Å². The van der Waals surface area contributed by atoms with Crippen molar-refractivity contribution in [2.24, 2.45) is 10.7 Å². The van der Waals surface area contributed by atoms with Crippen LogP contribution in [0.4, 0.5) is 4.79 Å². The summed E-state index contributed by atoms with van der Waals surface area (Å²) in [6.45, 7) is 4.00. The Hall–Kier alpha value is -3.03. The van der Waals surface area contributed by atoms with E-state index in [-0.39, 0.29) is 12.1 Å². The van der Waals surface area contributed by atoms with E-state index in [1.54, 1.807) is 11.1 Å². The molecule has 1 aliphatic rings. The minimum Gasteiger partial charge on any atom is -0.450 e. The number of para-hydroxylation sites is 1. The maximum atomic E-state index is 11.7. The highest BCUT2D eigenvalue weighted by Crippen LogP contribution is 2.15. The number of nitrogens with one attached hydrogen (secondary N) is 1. The molecule has 3 N–H and O–H groups in total. The minimum atomic E-state index is -0.243. The number of guanidine groups is 1. The molecular weight excluding hydrogens is 344 g/mol. The highest BCUT2D eigenvalue weighted by molar-refractivity contribution is 5.78. The number of ether oxygens (including phenoxy) is 1. The number of aliphatic imine (C=N–C) groups is 1. The molecule has 0 unspecified atom stereocenters. The van der Waals surface area contributed by atoms with Gasteiger partial charge >= 0.3 is 6.09 Å². The maximum absolute atomic E-state index is 11.7. The van der Waals surface area contributed by atoms with Crippen LogP contribution in [0.2, 0.25) is 0 Å². The van der Waals surface area contributed by atoms with Gasteiger partial charge < -0.3 is 20.7 Å². The molecule has 2 aromatic rings. The molecule has 8 heteroatoms. The zero-order valence-corrected chi connectivity index (χ0v) is 15.5. The van der Waals surface area contributed by atoms with E-state index in [9.17, 15) is 4.79 Å². The lowest BCUT2D eigenvalue weighted by atomic mass is 10.1. The average Bonchev–Trinajstić information content (AvgIpc) is 3.22. The summed E-state index contributed by atoms with van der Waals surface area (Å²) in [6.07, 6.45) is 5.05. The van der Waals surface area contributed by atoms with Gasteiger partial charge in [-0.05, 0) is 37.5 Å². The van der Waals surface area contributed by atoms with Gasteiger partial charge in [-0.3, -0.25) is 0 Å². The highest BCUT2D eigenvalue weighted by Gasteiger charge is 2.23.